The average molecular weight is 381 g/mol. The largest absolute Gasteiger partial charge is 0.497 e. The number of esters is 1. The summed E-state index contributed by atoms with van der Waals surface area (Å²) in [6, 6.07) is 14.0. The van der Waals surface area contributed by atoms with E-state index in [0.717, 1.165) is 11.1 Å². The smallest absolute Gasteiger partial charge is 0.338 e. The van der Waals surface area contributed by atoms with E-state index in [4.69, 9.17) is 14.0 Å². The van der Waals surface area contributed by atoms with Crippen LogP contribution in [0.25, 0.3) is 11.4 Å². The number of hydrogen-bond donors (Lipinski definition) is 1. The van der Waals surface area contributed by atoms with E-state index in [9.17, 15) is 9.59 Å². The second-order valence-corrected chi connectivity index (χ2v) is 5.93. The number of benzene rings is 2. The van der Waals surface area contributed by atoms with Crippen molar-refractivity contribution in [2.24, 2.45) is 0 Å². The zero-order valence-electron chi connectivity index (χ0n) is 15.5. The number of carbonyl (C=O) groups excluding carboxylic acids is 2. The van der Waals surface area contributed by atoms with Crippen LogP contribution in [0, 0.1) is 0 Å². The second kappa shape index (κ2) is 8.81. The van der Waals surface area contributed by atoms with Crippen molar-refractivity contribution in [1.82, 2.24) is 15.5 Å². The number of nitrogens with one attached hydrogen (secondary N) is 1. The fourth-order valence-corrected chi connectivity index (χ4v) is 2.39. The van der Waals surface area contributed by atoms with E-state index in [1.54, 1.807) is 37.4 Å². The summed E-state index contributed by atoms with van der Waals surface area (Å²) < 4.78 is 15.5. The Hall–Kier alpha value is -3.68. The summed E-state index contributed by atoms with van der Waals surface area (Å²) in [5, 5.41) is 6.58. The van der Waals surface area contributed by atoms with E-state index >= 15 is 0 Å². The highest BCUT2D eigenvalue weighted by molar-refractivity contribution is 5.89. The van der Waals surface area contributed by atoms with Gasteiger partial charge in [-0.05, 0) is 29.8 Å². The van der Waals surface area contributed by atoms with Gasteiger partial charge in [-0.3, -0.25) is 4.79 Å². The van der Waals surface area contributed by atoms with Gasteiger partial charge in [0.1, 0.15) is 5.75 Å². The molecule has 0 bridgehead atoms. The van der Waals surface area contributed by atoms with Crippen molar-refractivity contribution in [3.63, 3.8) is 0 Å². The Balaban J connectivity index is 1.57. The van der Waals surface area contributed by atoms with Gasteiger partial charge in [0.25, 0.3) is 5.89 Å². The van der Waals surface area contributed by atoms with Crippen LogP contribution in [0.3, 0.4) is 0 Å². The highest BCUT2D eigenvalue weighted by Crippen LogP contribution is 2.21. The first-order valence-electron chi connectivity index (χ1n) is 8.52. The Morgan fingerprint density at radius 2 is 1.93 bits per heavy atom. The van der Waals surface area contributed by atoms with E-state index in [0.29, 0.717) is 23.7 Å². The summed E-state index contributed by atoms with van der Waals surface area (Å²) >= 11 is 0. The maximum Gasteiger partial charge on any atom is 0.338 e. The molecule has 0 saturated carbocycles. The van der Waals surface area contributed by atoms with Gasteiger partial charge in [0.15, 0.2) is 6.61 Å². The van der Waals surface area contributed by atoms with Crippen LogP contribution in [0.15, 0.2) is 53.1 Å². The molecule has 2 aromatic carbocycles. The predicted octanol–water partition coefficient (Wildman–Crippen LogP) is 2.74. The van der Waals surface area contributed by atoms with Crippen LogP contribution in [0.4, 0.5) is 0 Å². The summed E-state index contributed by atoms with van der Waals surface area (Å²) in [5.41, 5.74) is 2.00. The van der Waals surface area contributed by atoms with Crippen LogP contribution in [-0.2, 0) is 22.7 Å². The lowest BCUT2D eigenvalue weighted by Crippen LogP contribution is -2.18. The third-order valence-electron chi connectivity index (χ3n) is 3.85. The maximum absolute atomic E-state index is 12.2. The van der Waals surface area contributed by atoms with Crippen molar-refractivity contribution in [1.29, 1.82) is 0 Å². The minimum absolute atomic E-state index is 0.114. The van der Waals surface area contributed by atoms with Crippen LogP contribution < -0.4 is 10.1 Å². The lowest BCUT2D eigenvalue weighted by Gasteiger charge is -2.05. The Morgan fingerprint density at radius 1 is 1.14 bits per heavy atom. The summed E-state index contributed by atoms with van der Waals surface area (Å²) in [5.74, 6) is 0.626. The van der Waals surface area contributed by atoms with Gasteiger partial charge in [-0.25, -0.2) is 4.79 Å². The molecule has 1 heterocycles. The van der Waals surface area contributed by atoms with Gasteiger partial charge in [-0.2, -0.15) is 4.98 Å². The highest BCUT2D eigenvalue weighted by Gasteiger charge is 2.13. The first-order chi connectivity index (χ1) is 13.5. The molecule has 0 aliphatic rings. The lowest BCUT2D eigenvalue weighted by atomic mass is 10.1. The Bertz CT molecular complexity index is 966. The lowest BCUT2D eigenvalue weighted by molar-refractivity contribution is -0.119. The standard InChI is InChI=1S/C20H19N3O5/c1-13(24)21-11-14-6-8-15(9-7-14)20(25)27-12-18-22-19(23-28-18)16-4-3-5-17(10-16)26-2/h3-10H,11-12H2,1-2H3,(H,21,24). The van der Waals surface area contributed by atoms with E-state index in [2.05, 4.69) is 15.5 Å². The summed E-state index contributed by atoms with van der Waals surface area (Å²) in [6.45, 7) is 1.71. The number of aromatic nitrogens is 2. The Kier molecular flexibility index (Phi) is 6.01. The molecule has 1 aromatic heterocycles. The van der Waals surface area contributed by atoms with Crippen LogP contribution in [0.2, 0.25) is 0 Å². The predicted molar refractivity (Wildman–Crippen MR) is 99.4 cm³/mol. The molecule has 144 valence electrons. The summed E-state index contributed by atoms with van der Waals surface area (Å²) in [4.78, 5) is 27.3. The van der Waals surface area contributed by atoms with E-state index < -0.39 is 5.97 Å². The topological polar surface area (TPSA) is 104 Å². The molecule has 0 atom stereocenters. The SMILES string of the molecule is COc1cccc(-c2noc(COC(=O)c3ccc(CNC(C)=O)cc3)n2)c1. The molecule has 0 spiro atoms. The number of ether oxygens (including phenoxy) is 2. The van der Waals surface area contributed by atoms with Crippen molar-refractivity contribution >= 4 is 11.9 Å². The maximum atomic E-state index is 12.2. The molecule has 1 N–H and O–H groups in total. The Labute approximate surface area is 161 Å². The number of carbonyl (C=O) groups is 2. The van der Waals surface area contributed by atoms with Crippen LogP contribution in [0.5, 0.6) is 5.75 Å². The first-order valence-corrected chi connectivity index (χ1v) is 8.52. The molecular weight excluding hydrogens is 362 g/mol. The molecule has 28 heavy (non-hydrogen) atoms. The molecule has 0 aliphatic heterocycles. The Morgan fingerprint density at radius 3 is 2.64 bits per heavy atom. The fourth-order valence-electron chi connectivity index (χ4n) is 2.39. The number of methoxy groups -OCH3 is 1. The van der Waals surface area contributed by atoms with Gasteiger partial charge in [-0.1, -0.05) is 29.4 Å². The molecule has 0 unspecified atom stereocenters. The fraction of sp³-hybridized carbons (Fsp3) is 0.200. The van der Waals surface area contributed by atoms with E-state index in [1.165, 1.54) is 6.92 Å². The van der Waals surface area contributed by atoms with Crippen molar-refractivity contribution in [2.75, 3.05) is 7.11 Å². The normalized spacial score (nSPS) is 10.4. The average Bonchev–Trinajstić information content (AvgIpc) is 3.20. The van der Waals surface area contributed by atoms with Crippen molar-refractivity contribution in [3.8, 4) is 17.1 Å². The van der Waals surface area contributed by atoms with Gasteiger partial charge in [0.05, 0.1) is 12.7 Å². The molecule has 1 amide bonds. The van der Waals surface area contributed by atoms with Crippen LogP contribution in [-0.4, -0.2) is 29.1 Å². The van der Waals surface area contributed by atoms with Crippen LogP contribution >= 0.6 is 0 Å². The number of hydrogen-bond acceptors (Lipinski definition) is 7. The van der Waals surface area contributed by atoms with Crippen molar-refractivity contribution < 1.29 is 23.6 Å². The minimum atomic E-state index is -0.507. The first kappa shape index (κ1) is 19.1. The van der Waals surface area contributed by atoms with Crippen molar-refractivity contribution in [3.05, 3.63) is 65.5 Å². The quantitative estimate of drug-likeness (QED) is 0.628. The molecule has 0 aliphatic carbocycles. The second-order valence-electron chi connectivity index (χ2n) is 5.93. The number of amides is 1. The van der Waals surface area contributed by atoms with Gasteiger partial charge in [0.2, 0.25) is 11.7 Å². The molecule has 3 rings (SSSR count). The number of rotatable bonds is 7. The number of nitrogens with zero attached hydrogens (tertiary/aromatic N) is 2. The summed E-state index contributed by atoms with van der Waals surface area (Å²) in [6.07, 6.45) is 0. The third kappa shape index (κ3) is 4.94. The van der Waals surface area contributed by atoms with E-state index in [-0.39, 0.29) is 18.4 Å². The molecular formula is C20H19N3O5. The molecule has 8 nitrogen and oxygen atoms in total. The van der Waals surface area contributed by atoms with Gasteiger partial charge >= 0.3 is 5.97 Å². The van der Waals surface area contributed by atoms with Gasteiger partial charge < -0.3 is 19.3 Å². The zero-order chi connectivity index (χ0) is 19.9. The van der Waals surface area contributed by atoms with Crippen LogP contribution in [0.1, 0.15) is 28.7 Å². The minimum Gasteiger partial charge on any atom is -0.497 e. The van der Waals surface area contributed by atoms with E-state index in [1.807, 2.05) is 18.2 Å². The summed E-state index contributed by atoms with van der Waals surface area (Å²) in [7, 11) is 1.58. The monoisotopic (exact) mass is 381 g/mol. The van der Waals surface area contributed by atoms with Crippen molar-refractivity contribution in [2.45, 2.75) is 20.1 Å². The molecule has 0 radical (unpaired) electrons. The van der Waals surface area contributed by atoms with Gasteiger partial charge in [-0.15, -0.1) is 0 Å². The molecule has 0 saturated heterocycles. The van der Waals surface area contributed by atoms with Gasteiger partial charge in [0, 0.05) is 19.0 Å². The molecule has 8 heteroatoms. The molecule has 0 fully saturated rings. The highest BCUT2D eigenvalue weighted by atomic mass is 16.6. The zero-order valence-corrected chi connectivity index (χ0v) is 15.5. The molecule has 3 aromatic rings. The third-order valence-corrected chi connectivity index (χ3v) is 3.85.